The first-order chi connectivity index (χ1) is 9.83. The van der Waals surface area contributed by atoms with E-state index in [0.717, 1.165) is 12.5 Å². The van der Waals surface area contributed by atoms with Gasteiger partial charge in [0.2, 0.25) is 0 Å². The Morgan fingerprint density at radius 1 is 1.48 bits per heavy atom. The molecule has 2 amide bonds. The molecular weight excluding hydrogens is 299 g/mol. The number of benzene rings is 1. The number of rotatable bonds is 3. The Labute approximate surface area is 126 Å². The second-order valence-electron chi connectivity index (χ2n) is 5.39. The Bertz CT molecular complexity index is 581. The van der Waals surface area contributed by atoms with Gasteiger partial charge in [-0.3, -0.25) is 4.79 Å². The van der Waals surface area contributed by atoms with Gasteiger partial charge < -0.3 is 15.7 Å². The van der Waals surface area contributed by atoms with Crippen LogP contribution in [0.5, 0.6) is 0 Å². The predicted molar refractivity (Wildman–Crippen MR) is 76.9 cm³/mol. The van der Waals surface area contributed by atoms with Crippen LogP contribution in [0.4, 0.5) is 14.9 Å². The van der Waals surface area contributed by atoms with Gasteiger partial charge in [-0.15, -0.1) is 0 Å². The van der Waals surface area contributed by atoms with Crippen LogP contribution >= 0.6 is 11.6 Å². The number of carboxylic acids is 1. The summed E-state index contributed by atoms with van der Waals surface area (Å²) in [4.78, 5) is 23.3. The maximum Gasteiger partial charge on any atom is 0.319 e. The molecule has 114 valence electrons. The van der Waals surface area contributed by atoms with Crippen LogP contribution in [0, 0.1) is 11.2 Å². The number of nitrogens with one attached hydrogen (secondary N) is 2. The number of anilines is 1. The van der Waals surface area contributed by atoms with E-state index in [1.54, 1.807) is 6.92 Å². The molecule has 2 atom stereocenters. The van der Waals surface area contributed by atoms with Crippen LogP contribution in [0.2, 0.25) is 5.02 Å². The maximum atomic E-state index is 12.9. The molecule has 1 aliphatic rings. The SMILES string of the molecule is CC1(C(=O)O)CCCC1NC(=O)Nc1ccc(F)cc1Cl. The summed E-state index contributed by atoms with van der Waals surface area (Å²) < 4.78 is 12.9. The fourth-order valence-corrected chi connectivity index (χ4v) is 2.78. The van der Waals surface area contributed by atoms with Gasteiger partial charge in [-0.2, -0.15) is 0 Å². The molecule has 0 bridgehead atoms. The van der Waals surface area contributed by atoms with Gasteiger partial charge in [0, 0.05) is 6.04 Å². The Balaban J connectivity index is 2.03. The lowest BCUT2D eigenvalue weighted by Crippen LogP contribution is -2.48. The third-order valence-corrected chi connectivity index (χ3v) is 4.24. The largest absolute Gasteiger partial charge is 0.481 e. The van der Waals surface area contributed by atoms with E-state index in [4.69, 9.17) is 11.6 Å². The van der Waals surface area contributed by atoms with E-state index in [-0.39, 0.29) is 10.7 Å². The summed E-state index contributed by atoms with van der Waals surface area (Å²) in [7, 11) is 0. The molecule has 0 radical (unpaired) electrons. The highest BCUT2D eigenvalue weighted by Crippen LogP contribution is 2.38. The average Bonchev–Trinajstić information content (AvgIpc) is 2.76. The summed E-state index contributed by atoms with van der Waals surface area (Å²) >= 11 is 5.82. The number of hydrogen-bond donors (Lipinski definition) is 3. The van der Waals surface area contributed by atoms with Crippen LogP contribution in [0.25, 0.3) is 0 Å². The van der Waals surface area contributed by atoms with Crippen LogP contribution in [0.3, 0.4) is 0 Å². The van der Waals surface area contributed by atoms with Crippen molar-refractivity contribution in [1.29, 1.82) is 0 Å². The van der Waals surface area contributed by atoms with Gasteiger partial charge >= 0.3 is 12.0 Å². The van der Waals surface area contributed by atoms with Crippen molar-refractivity contribution < 1.29 is 19.1 Å². The summed E-state index contributed by atoms with van der Waals surface area (Å²) in [5, 5.41) is 14.5. The Morgan fingerprint density at radius 2 is 2.19 bits per heavy atom. The first-order valence-corrected chi connectivity index (χ1v) is 6.96. The van der Waals surface area contributed by atoms with Crippen molar-refractivity contribution in [3.8, 4) is 0 Å². The molecule has 1 fully saturated rings. The smallest absolute Gasteiger partial charge is 0.319 e. The van der Waals surface area contributed by atoms with Gasteiger partial charge in [-0.25, -0.2) is 9.18 Å². The Kier molecular flexibility index (Phi) is 4.37. The summed E-state index contributed by atoms with van der Waals surface area (Å²) in [5.74, 6) is -1.43. The molecule has 0 spiro atoms. The lowest BCUT2D eigenvalue weighted by atomic mass is 9.85. The highest BCUT2D eigenvalue weighted by Gasteiger charge is 2.45. The average molecular weight is 315 g/mol. The van der Waals surface area contributed by atoms with Crippen molar-refractivity contribution in [3.63, 3.8) is 0 Å². The number of hydrogen-bond acceptors (Lipinski definition) is 2. The molecule has 2 rings (SSSR count). The summed E-state index contributed by atoms with van der Waals surface area (Å²) in [6.07, 6.45) is 1.86. The molecule has 0 heterocycles. The van der Waals surface area contributed by atoms with Crippen LogP contribution in [-0.4, -0.2) is 23.1 Å². The van der Waals surface area contributed by atoms with Gasteiger partial charge in [0.15, 0.2) is 0 Å². The predicted octanol–water partition coefficient (Wildman–Crippen LogP) is 3.24. The van der Waals surface area contributed by atoms with E-state index in [9.17, 15) is 19.1 Å². The highest BCUT2D eigenvalue weighted by molar-refractivity contribution is 6.33. The van der Waals surface area contributed by atoms with E-state index < -0.39 is 29.3 Å². The van der Waals surface area contributed by atoms with Crippen molar-refractivity contribution in [1.82, 2.24) is 5.32 Å². The molecule has 0 aromatic heterocycles. The number of carboxylic acid groups (broad SMARTS) is 1. The molecule has 1 aromatic rings. The minimum absolute atomic E-state index is 0.0811. The topological polar surface area (TPSA) is 78.4 Å². The number of amides is 2. The van der Waals surface area contributed by atoms with Crippen LogP contribution < -0.4 is 10.6 Å². The molecule has 1 saturated carbocycles. The van der Waals surface area contributed by atoms with Crippen LogP contribution in [-0.2, 0) is 4.79 Å². The minimum Gasteiger partial charge on any atom is -0.481 e. The van der Waals surface area contributed by atoms with Crippen molar-refractivity contribution in [3.05, 3.63) is 29.0 Å². The van der Waals surface area contributed by atoms with E-state index in [1.807, 2.05) is 0 Å². The van der Waals surface area contributed by atoms with Crippen LogP contribution in [0.1, 0.15) is 26.2 Å². The van der Waals surface area contributed by atoms with E-state index in [1.165, 1.54) is 12.1 Å². The summed E-state index contributed by atoms with van der Waals surface area (Å²) in [5.41, 5.74) is -0.699. The van der Waals surface area contributed by atoms with E-state index >= 15 is 0 Å². The number of carbonyl (C=O) groups excluding carboxylic acids is 1. The molecular formula is C14H16ClFN2O3. The molecule has 0 saturated heterocycles. The molecule has 7 heteroatoms. The minimum atomic E-state index is -0.968. The van der Waals surface area contributed by atoms with E-state index in [0.29, 0.717) is 12.8 Å². The molecule has 21 heavy (non-hydrogen) atoms. The quantitative estimate of drug-likeness (QED) is 0.801. The first kappa shape index (κ1) is 15.6. The van der Waals surface area contributed by atoms with Gasteiger partial charge in [0.05, 0.1) is 16.1 Å². The van der Waals surface area contributed by atoms with Gasteiger partial charge in [0.1, 0.15) is 5.82 Å². The first-order valence-electron chi connectivity index (χ1n) is 6.59. The zero-order valence-corrected chi connectivity index (χ0v) is 12.2. The monoisotopic (exact) mass is 314 g/mol. The van der Waals surface area contributed by atoms with Crippen molar-refractivity contribution >= 4 is 29.3 Å². The fourth-order valence-electron chi connectivity index (χ4n) is 2.56. The zero-order valence-electron chi connectivity index (χ0n) is 11.5. The highest BCUT2D eigenvalue weighted by atomic mass is 35.5. The molecule has 2 unspecified atom stereocenters. The number of aliphatic carboxylic acids is 1. The molecule has 5 nitrogen and oxygen atoms in total. The fraction of sp³-hybridized carbons (Fsp3) is 0.429. The van der Waals surface area contributed by atoms with Crippen molar-refractivity contribution in [2.75, 3.05) is 5.32 Å². The second-order valence-corrected chi connectivity index (χ2v) is 5.80. The third-order valence-electron chi connectivity index (χ3n) is 3.93. The van der Waals surface area contributed by atoms with Gasteiger partial charge in [-0.05, 0) is 38.0 Å². The Morgan fingerprint density at radius 3 is 2.81 bits per heavy atom. The molecule has 3 N–H and O–H groups in total. The number of urea groups is 1. The van der Waals surface area contributed by atoms with Crippen molar-refractivity contribution in [2.45, 2.75) is 32.2 Å². The number of halogens is 2. The zero-order chi connectivity index (χ0) is 15.6. The maximum absolute atomic E-state index is 12.9. The molecule has 0 aliphatic heterocycles. The van der Waals surface area contributed by atoms with Crippen molar-refractivity contribution in [2.24, 2.45) is 5.41 Å². The third kappa shape index (κ3) is 3.26. The Hall–Kier alpha value is -1.82. The van der Waals surface area contributed by atoms with Gasteiger partial charge in [0.25, 0.3) is 0 Å². The second kappa shape index (κ2) is 5.89. The normalized spacial score (nSPS) is 24.6. The standard InChI is InChI=1S/C14H16ClFN2O3/c1-14(12(19)20)6-2-3-11(14)18-13(21)17-10-5-4-8(16)7-9(10)15/h4-5,7,11H,2-3,6H2,1H3,(H,19,20)(H2,17,18,21). The van der Waals surface area contributed by atoms with Gasteiger partial charge in [-0.1, -0.05) is 18.0 Å². The van der Waals surface area contributed by atoms with Crippen LogP contribution in [0.15, 0.2) is 18.2 Å². The lowest BCUT2D eigenvalue weighted by molar-refractivity contribution is -0.148. The van der Waals surface area contributed by atoms with E-state index in [2.05, 4.69) is 10.6 Å². The number of carbonyl (C=O) groups is 2. The summed E-state index contributed by atoms with van der Waals surface area (Å²) in [6, 6.07) is 2.62. The molecule has 1 aromatic carbocycles. The lowest BCUT2D eigenvalue weighted by Gasteiger charge is -2.27. The summed E-state index contributed by atoms with van der Waals surface area (Å²) in [6.45, 7) is 1.62. The molecule has 1 aliphatic carbocycles.